The van der Waals surface area contributed by atoms with E-state index in [1.54, 1.807) is 18.3 Å². The Bertz CT molecular complexity index is 689. The summed E-state index contributed by atoms with van der Waals surface area (Å²) in [6.07, 6.45) is 7.64. The van der Waals surface area contributed by atoms with E-state index in [1.807, 2.05) is 22.9 Å². The van der Waals surface area contributed by atoms with Crippen LogP contribution in [-0.4, -0.2) is 22.3 Å². The first-order valence-electron chi connectivity index (χ1n) is 9.26. The highest BCUT2D eigenvalue weighted by Gasteiger charge is 2.30. The molecule has 1 fully saturated rings. The summed E-state index contributed by atoms with van der Waals surface area (Å²) in [5.74, 6) is 2.12. The number of hydrogen-bond acceptors (Lipinski definition) is 3. The zero-order valence-electron chi connectivity index (χ0n) is 15.1. The lowest BCUT2D eigenvalue weighted by Gasteiger charge is -2.15. The minimum absolute atomic E-state index is 0.123. The van der Waals surface area contributed by atoms with Gasteiger partial charge in [0, 0.05) is 11.6 Å². The lowest BCUT2D eigenvalue weighted by atomic mass is 10.2. The average molecular weight is 341 g/mol. The monoisotopic (exact) mass is 341 g/mol. The standard InChI is InChI=1S/C20H27N3O2/c1-3-4-5-14-25-18-10-8-17(9-11-18)20(24)22-19-12-13-21-23(19)15(2)16-6-7-16/h8-13,15-16H,3-7,14H2,1-2H3,(H,22,24). The first-order valence-corrected chi connectivity index (χ1v) is 9.26. The van der Waals surface area contributed by atoms with Crippen LogP contribution in [0, 0.1) is 5.92 Å². The highest BCUT2D eigenvalue weighted by molar-refractivity contribution is 6.03. The highest BCUT2D eigenvalue weighted by atomic mass is 16.5. The maximum atomic E-state index is 12.5. The summed E-state index contributed by atoms with van der Waals surface area (Å²) >= 11 is 0. The number of rotatable bonds is 9. The molecule has 0 spiro atoms. The molecule has 1 heterocycles. The maximum absolute atomic E-state index is 12.5. The number of aromatic nitrogens is 2. The minimum atomic E-state index is -0.123. The van der Waals surface area contributed by atoms with Gasteiger partial charge in [-0.3, -0.25) is 4.79 Å². The second-order valence-corrected chi connectivity index (χ2v) is 6.77. The molecule has 5 nitrogen and oxygen atoms in total. The third kappa shape index (κ3) is 4.62. The SMILES string of the molecule is CCCCCOc1ccc(C(=O)Nc2ccnn2C(C)C2CC2)cc1. The van der Waals surface area contributed by atoms with E-state index in [-0.39, 0.29) is 5.91 Å². The quantitative estimate of drug-likeness (QED) is 0.674. The number of amides is 1. The molecule has 1 aromatic carbocycles. The van der Waals surface area contributed by atoms with Gasteiger partial charge in [-0.2, -0.15) is 5.10 Å². The van der Waals surface area contributed by atoms with Crippen LogP contribution in [0.1, 0.15) is 62.4 Å². The van der Waals surface area contributed by atoms with Crippen LogP contribution in [0.3, 0.4) is 0 Å². The summed E-state index contributed by atoms with van der Waals surface area (Å²) in [4.78, 5) is 12.5. The number of anilines is 1. The Morgan fingerprint density at radius 1 is 1.28 bits per heavy atom. The largest absolute Gasteiger partial charge is 0.494 e. The van der Waals surface area contributed by atoms with E-state index >= 15 is 0 Å². The fourth-order valence-corrected chi connectivity index (χ4v) is 2.95. The molecule has 1 atom stereocenters. The maximum Gasteiger partial charge on any atom is 0.256 e. The molecular weight excluding hydrogens is 314 g/mol. The van der Waals surface area contributed by atoms with Gasteiger partial charge in [0.2, 0.25) is 0 Å². The van der Waals surface area contributed by atoms with Crippen molar-refractivity contribution in [3.63, 3.8) is 0 Å². The summed E-state index contributed by atoms with van der Waals surface area (Å²) in [7, 11) is 0. The van der Waals surface area contributed by atoms with Crippen molar-refractivity contribution in [3.05, 3.63) is 42.1 Å². The Kier molecular flexibility index (Phi) is 5.74. The molecule has 1 saturated carbocycles. The van der Waals surface area contributed by atoms with Gasteiger partial charge >= 0.3 is 0 Å². The molecule has 0 saturated heterocycles. The zero-order valence-corrected chi connectivity index (χ0v) is 15.1. The minimum Gasteiger partial charge on any atom is -0.494 e. The first-order chi connectivity index (χ1) is 12.2. The molecule has 1 amide bonds. The van der Waals surface area contributed by atoms with Gasteiger partial charge in [-0.25, -0.2) is 4.68 Å². The zero-order chi connectivity index (χ0) is 17.6. The van der Waals surface area contributed by atoms with Gasteiger partial charge in [-0.1, -0.05) is 19.8 Å². The molecule has 134 valence electrons. The molecule has 0 aliphatic heterocycles. The molecule has 3 rings (SSSR count). The number of nitrogens with zero attached hydrogens (tertiary/aromatic N) is 2. The van der Waals surface area contributed by atoms with Crippen molar-refractivity contribution in [2.45, 2.75) is 52.0 Å². The lowest BCUT2D eigenvalue weighted by molar-refractivity contribution is 0.102. The number of unbranched alkanes of at least 4 members (excludes halogenated alkanes) is 2. The molecular formula is C20H27N3O2. The predicted molar refractivity (Wildman–Crippen MR) is 99.1 cm³/mol. The number of ether oxygens (including phenoxy) is 1. The van der Waals surface area contributed by atoms with Crippen LogP contribution >= 0.6 is 0 Å². The molecule has 1 unspecified atom stereocenters. The summed E-state index contributed by atoms with van der Waals surface area (Å²) < 4.78 is 7.60. The lowest BCUT2D eigenvalue weighted by Crippen LogP contribution is -2.18. The smallest absolute Gasteiger partial charge is 0.256 e. The van der Waals surface area contributed by atoms with Crippen LogP contribution in [0.25, 0.3) is 0 Å². The van der Waals surface area contributed by atoms with Crippen molar-refractivity contribution < 1.29 is 9.53 Å². The van der Waals surface area contributed by atoms with Gasteiger partial charge in [0.15, 0.2) is 0 Å². The second kappa shape index (κ2) is 8.19. The Morgan fingerprint density at radius 3 is 2.72 bits per heavy atom. The van der Waals surface area contributed by atoms with E-state index in [2.05, 4.69) is 24.3 Å². The van der Waals surface area contributed by atoms with Crippen LogP contribution in [0.4, 0.5) is 5.82 Å². The van der Waals surface area contributed by atoms with Crippen LogP contribution in [0.5, 0.6) is 5.75 Å². The van der Waals surface area contributed by atoms with Crippen LogP contribution in [0.2, 0.25) is 0 Å². The van der Waals surface area contributed by atoms with Crippen molar-refractivity contribution in [1.82, 2.24) is 9.78 Å². The van der Waals surface area contributed by atoms with Crippen molar-refractivity contribution >= 4 is 11.7 Å². The number of benzene rings is 1. The van der Waals surface area contributed by atoms with Gasteiger partial charge in [0.25, 0.3) is 5.91 Å². The van der Waals surface area contributed by atoms with Gasteiger partial charge in [0.05, 0.1) is 18.8 Å². The van der Waals surface area contributed by atoms with E-state index in [0.29, 0.717) is 17.5 Å². The molecule has 25 heavy (non-hydrogen) atoms. The van der Waals surface area contributed by atoms with E-state index in [4.69, 9.17) is 4.74 Å². The summed E-state index contributed by atoms with van der Waals surface area (Å²) in [5.41, 5.74) is 0.618. The van der Waals surface area contributed by atoms with Crippen LogP contribution in [0.15, 0.2) is 36.5 Å². The summed E-state index contributed by atoms with van der Waals surface area (Å²) in [5, 5.41) is 7.34. The van der Waals surface area contributed by atoms with E-state index in [0.717, 1.165) is 24.6 Å². The van der Waals surface area contributed by atoms with E-state index in [1.165, 1.54) is 25.7 Å². The Balaban J connectivity index is 1.57. The predicted octanol–water partition coefficient (Wildman–Crippen LogP) is 4.68. The van der Waals surface area contributed by atoms with Gasteiger partial charge in [0.1, 0.15) is 11.6 Å². The number of hydrogen-bond donors (Lipinski definition) is 1. The first kappa shape index (κ1) is 17.5. The van der Waals surface area contributed by atoms with Gasteiger partial charge < -0.3 is 10.1 Å². The third-order valence-corrected chi connectivity index (χ3v) is 4.74. The van der Waals surface area contributed by atoms with Gasteiger partial charge in [-0.05, 0) is 56.4 Å². The highest BCUT2D eigenvalue weighted by Crippen LogP contribution is 2.40. The molecule has 1 aromatic heterocycles. The molecule has 0 bridgehead atoms. The number of carbonyl (C=O) groups excluding carboxylic acids is 1. The van der Waals surface area contributed by atoms with Crippen molar-refractivity contribution in [2.24, 2.45) is 5.92 Å². The van der Waals surface area contributed by atoms with Crippen LogP contribution in [-0.2, 0) is 0 Å². The normalized spacial score (nSPS) is 15.0. The van der Waals surface area contributed by atoms with Crippen molar-refractivity contribution in [1.29, 1.82) is 0 Å². The second-order valence-electron chi connectivity index (χ2n) is 6.77. The van der Waals surface area contributed by atoms with E-state index in [9.17, 15) is 4.79 Å². The Hall–Kier alpha value is -2.30. The molecule has 5 heteroatoms. The molecule has 1 N–H and O–H groups in total. The summed E-state index contributed by atoms with van der Waals surface area (Å²) in [6, 6.07) is 9.48. The average Bonchev–Trinajstić information content (AvgIpc) is 3.38. The fourth-order valence-electron chi connectivity index (χ4n) is 2.95. The van der Waals surface area contributed by atoms with Crippen LogP contribution < -0.4 is 10.1 Å². The Morgan fingerprint density at radius 2 is 2.04 bits per heavy atom. The van der Waals surface area contributed by atoms with E-state index < -0.39 is 0 Å². The number of nitrogens with one attached hydrogen (secondary N) is 1. The van der Waals surface area contributed by atoms with Crippen molar-refractivity contribution in [3.8, 4) is 5.75 Å². The third-order valence-electron chi connectivity index (χ3n) is 4.74. The molecule has 1 aliphatic carbocycles. The number of carbonyl (C=O) groups is 1. The fraction of sp³-hybridized carbons (Fsp3) is 0.500. The van der Waals surface area contributed by atoms with Crippen molar-refractivity contribution in [2.75, 3.05) is 11.9 Å². The summed E-state index contributed by atoms with van der Waals surface area (Å²) in [6.45, 7) is 5.05. The molecule has 1 aliphatic rings. The van der Waals surface area contributed by atoms with Gasteiger partial charge in [-0.15, -0.1) is 0 Å². The molecule has 2 aromatic rings. The Labute approximate surface area is 149 Å². The molecule has 0 radical (unpaired) electrons. The topological polar surface area (TPSA) is 56.1 Å².